The molecule has 0 aliphatic rings. The SMILES string of the molecule is O=C(Cn1cc(Cl)c(=O)[nH]c1=O)c1ccco1. The summed E-state index contributed by atoms with van der Waals surface area (Å²) in [7, 11) is 0. The minimum Gasteiger partial charge on any atom is -0.461 e. The molecule has 17 heavy (non-hydrogen) atoms. The van der Waals surface area contributed by atoms with Gasteiger partial charge >= 0.3 is 5.69 Å². The van der Waals surface area contributed by atoms with Gasteiger partial charge in [-0.05, 0) is 12.1 Å². The summed E-state index contributed by atoms with van der Waals surface area (Å²) >= 11 is 5.56. The maximum Gasteiger partial charge on any atom is 0.328 e. The zero-order valence-corrected chi connectivity index (χ0v) is 9.23. The number of hydrogen-bond donors (Lipinski definition) is 1. The minimum atomic E-state index is -0.695. The number of ketones is 1. The number of carbonyl (C=O) groups excluding carboxylic acids is 1. The zero-order chi connectivity index (χ0) is 12.4. The number of rotatable bonds is 3. The predicted octanol–water partition coefficient (Wildman–Crippen LogP) is 0.666. The summed E-state index contributed by atoms with van der Waals surface area (Å²) in [6.45, 7) is -0.247. The van der Waals surface area contributed by atoms with Crippen LogP contribution in [0.1, 0.15) is 10.6 Å². The standard InChI is InChI=1S/C10H7ClN2O4/c11-6-4-13(10(16)12-9(6)15)5-7(14)8-2-1-3-17-8/h1-4H,5H2,(H,12,15,16). The van der Waals surface area contributed by atoms with Crippen LogP contribution in [0.4, 0.5) is 0 Å². The van der Waals surface area contributed by atoms with Crippen LogP contribution in [-0.2, 0) is 6.54 Å². The van der Waals surface area contributed by atoms with Crippen LogP contribution in [0, 0.1) is 0 Å². The van der Waals surface area contributed by atoms with Gasteiger partial charge in [0.2, 0.25) is 5.78 Å². The van der Waals surface area contributed by atoms with Gasteiger partial charge in [0.25, 0.3) is 5.56 Å². The Morgan fingerprint density at radius 2 is 2.24 bits per heavy atom. The van der Waals surface area contributed by atoms with Gasteiger partial charge in [-0.25, -0.2) is 4.79 Å². The van der Waals surface area contributed by atoms with Gasteiger partial charge in [-0.3, -0.25) is 19.1 Å². The molecule has 0 radical (unpaired) electrons. The van der Waals surface area contributed by atoms with E-state index in [1.165, 1.54) is 12.3 Å². The molecule has 0 fully saturated rings. The van der Waals surface area contributed by atoms with Crippen molar-refractivity contribution in [3.63, 3.8) is 0 Å². The fourth-order valence-electron chi connectivity index (χ4n) is 1.27. The fourth-order valence-corrected chi connectivity index (χ4v) is 1.44. The van der Waals surface area contributed by atoms with Crippen LogP contribution >= 0.6 is 11.6 Å². The molecule has 2 heterocycles. The van der Waals surface area contributed by atoms with E-state index in [-0.39, 0.29) is 23.1 Å². The molecule has 7 heteroatoms. The van der Waals surface area contributed by atoms with Gasteiger partial charge < -0.3 is 4.42 Å². The summed E-state index contributed by atoms with van der Waals surface area (Å²) in [5, 5.41) is -0.156. The topological polar surface area (TPSA) is 85.1 Å². The molecule has 6 nitrogen and oxygen atoms in total. The van der Waals surface area contributed by atoms with E-state index in [2.05, 4.69) is 0 Å². The third-order valence-electron chi connectivity index (χ3n) is 2.08. The number of nitrogens with zero attached hydrogens (tertiary/aromatic N) is 1. The van der Waals surface area contributed by atoms with Crippen LogP contribution in [0.5, 0.6) is 0 Å². The van der Waals surface area contributed by atoms with E-state index in [1.807, 2.05) is 4.98 Å². The smallest absolute Gasteiger partial charge is 0.328 e. The maximum atomic E-state index is 11.6. The molecule has 2 aromatic heterocycles. The molecular formula is C10H7ClN2O4. The van der Waals surface area contributed by atoms with Crippen LogP contribution < -0.4 is 11.2 Å². The second-order valence-electron chi connectivity index (χ2n) is 3.26. The highest BCUT2D eigenvalue weighted by Gasteiger charge is 2.11. The molecule has 0 spiro atoms. The first-order valence-corrected chi connectivity index (χ1v) is 5.01. The second-order valence-corrected chi connectivity index (χ2v) is 3.67. The lowest BCUT2D eigenvalue weighted by atomic mass is 10.3. The number of aromatic amines is 1. The third kappa shape index (κ3) is 2.36. The number of H-pyrrole nitrogens is 1. The molecule has 0 bridgehead atoms. The van der Waals surface area contributed by atoms with Gasteiger partial charge in [0, 0.05) is 6.20 Å². The van der Waals surface area contributed by atoms with E-state index in [0.717, 1.165) is 10.8 Å². The fraction of sp³-hybridized carbons (Fsp3) is 0.100. The van der Waals surface area contributed by atoms with Crippen molar-refractivity contribution in [3.05, 3.63) is 56.2 Å². The van der Waals surface area contributed by atoms with Crippen molar-refractivity contribution >= 4 is 17.4 Å². The van der Waals surface area contributed by atoms with E-state index >= 15 is 0 Å². The lowest BCUT2D eigenvalue weighted by Crippen LogP contribution is -2.31. The van der Waals surface area contributed by atoms with E-state index in [9.17, 15) is 14.4 Å². The van der Waals surface area contributed by atoms with Crippen molar-refractivity contribution in [1.82, 2.24) is 9.55 Å². The van der Waals surface area contributed by atoms with E-state index in [4.69, 9.17) is 16.0 Å². The molecule has 2 aromatic rings. The lowest BCUT2D eigenvalue weighted by Gasteiger charge is -2.02. The molecule has 0 unspecified atom stereocenters. The molecule has 1 N–H and O–H groups in total. The molecule has 2 rings (SSSR count). The van der Waals surface area contributed by atoms with Gasteiger partial charge in [-0.1, -0.05) is 11.6 Å². The van der Waals surface area contributed by atoms with Crippen LogP contribution in [0.2, 0.25) is 5.02 Å². The first-order chi connectivity index (χ1) is 8.08. The average Bonchev–Trinajstić information content (AvgIpc) is 2.79. The summed E-state index contributed by atoms with van der Waals surface area (Å²) in [5.74, 6) is -0.251. The Kier molecular flexibility index (Phi) is 2.97. The molecule has 0 aromatic carbocycles. The Labute approximate surface area is 99.4 Å². The minimum absolute atomic E-state index is 0.138. The molecule has 0 amide bonds. The van der Waals surface area contributed by atoms with Crippen molar-refractivity contribution in [2.24, 2.45) is 0 Å². The highest BCUT2D eigenvalue weighted by atomic mass is 35.5. The van der Waals surface area contributed by atoms with Crippen molar-refractivity contribution in [1.29, 1.82) is 0 Å². The molecule has 0 saturated carbocycles. The quantitative estimate of drug-likeness (QED) is 0.816. The van der Waals surface area contributed by atoms with E-state index in [0.29, 0.717) is 0 Å². The van der Waals surface area contributed by atoms with Gasteiger partial charge in [0.1, 0.15) is 5.02 Å². The van der Waals surface area contributed by atoms with Crippen LogP contribution in [0.3, 0.4) is 0 Å². The normalized spacial score (nSPS) is 10.4. The molecule has 0 aliphatic carbocycles. The Morgan fingerprint density at radius 3 is 2.88 bits per heavy atom. The monoisotopic (exact) mass is 254 g/mol. The first kappa shape index (κ1) is 11.4. The highest BCUT2D eigenvalue weighted by Crippen LogP contribution is 2.03. The van der Waals surface area contributed by atoms with Gasteiger partial charge in [-0.2, -0.15) is 0 Å². The third-order valence-corrected chi connectivity index (χ3v) is 2.35. The van der Waals surface area contributed by atoms with Gasteiger partial charge in [0.05, 0.1) is 12.8 Å². The van der Waals surface area contributed by atoms with Crippen LogP contribution in [0.15, 0.2) is 38.6 Å². The number of halogens is 1. The van der Waals surface area contributed by atoms with Crippen molar-refractivity contribution in [3.8, 4) is 0 Å². The van der Waals surface area contributed by atoms with Gasteiger partial charge in [0.15, 0.2) is 5.76 Å². The van der Waals surface area contributed by atoms with E-state index < -0.39 is 11.2 Å². The summed E-state index contributed by atoms with van der Waals surface area (Å²) in [5.41, 5.74) is -1.38. The summed E-state index contributed by atoms with van der Waals surface area (Å²) < 4.78 is 5.90. The Hall–Kier alpha value is -2.08. The lowest BCUT2D eigenvalue weighted by molar-refractivity contribution is 0.0943. The largest absolute Gasteiger partial charge is 0.461 e. The van der Waals surface area contributed by atoms with Crippen LogP contribution in [-0.4, -0.2) is 15.3 Å². The summed E-state index contributed by atoms with van der Waals surface area (Å²) in [6, 6.07) is 3.05. The Balaban J connectivity index is 2.31. The number of nitrogens with one attached hydrogen (secondary N) is 1. The maximum absolute atomic E-state index is 11.6. The van der Waals surface area contributed by atoms with Crippen molar-refractivity contribution < 1.29 is 9.21 Å². The molecule has 0 saturated heterocycles. The zero-order valence-electron chi connectivity index (χ0n) is 8.47. The highest BCUT2D eigenvalue weighted by molar-refractivity contribution is 6.30. The molecule has 88 valence electrons. The molecule has 0 atom stereocenters. The molecule has 0 aliphatic heterocycles. The summed E-state index contributed by atoms with van der Waals surface area (Å²) in [4.78, 5) is 36.0. The Bertz CT molecular complexity index is 654. The van der Waals surface area contributed by atoms with E-state index in [1.54, 1.807) is 6.07 Å². The number of aromatic nitrogens is 2. The number of furan rings is 1. The first-order valence-electron chi connectivity index (χ1n) is 4.64. The molecular weight excluding hydrogens is 248 g/mol. The summed E-state index contributed by atoms with van der Waals surface area (Å²) in [6.07, 6.45) is 2.47. The Morgan fingerprint density at radius 1 is 1.47 bits per heavy atom. The number of Topliss-reactive ketones (excluding diaryl/α,β-unsaturated/α-hetero) is 1. The number of hydrogen-bond acceptors (Lipinski definition) is 4. The van der Waals surface area contributed by atoms with Crippen molar-refractivity contribution in [2.75, 3.05) is 0 Å². The van der Waals surface area contributed by atoms with Crippen molar-refractivity contribution in [2.45, 2.75) is 6.54 Å². The number of carbonyl (C=O) groups is 1. The second kappa shape index (κ2) is 4.42. The van der Waals surface area contributed by atoms with Crippen LogP contribution in [0.25, 0.3) is 0 Å². The van der Waals surface area contributed by atoms with Gasteiger partial charge in [-0.15, -0.1) is 0 Å². The average molecular weight is 255 g/mol. The predicted molar refractivity (Wildman–Crippen MR) is 59.4 cm³/mol.